The highest BCUT2D eigenvalue weighted by Crippen LogP contribution is 2.38. The maximum Gasteiger partial charge on any atom is 0.234 e. The number of likely N-dealkylation sites (N-methyl/N-ethyl adjacent to an activating group) is 1. The van der Waals surface area contributed by atoms with Crippen LogP contribution in [0.2, 0.25) is 0 Å². The molecule has 10 nitrogen and oxygen atoms in total. The van der Waals surface area contributed by atoms with E-state index in [1.807, 2.05) is 48.2 Å². The first-order valence-electron chi connectivity index (χ1n) is 11.3. The molecule has 0 radical (unpaired) electrons. The molecule has 0 spiro atoms. The van der Waals surface area contributed by atoms with Gasteiger partial charge in [-0.1, -0.05) is 6.07 Å². The zero-order valence-corrected chi connectivity index (χ0v) is 19.4. The Bertz CT molecular complexity index is 1080. The van der Waals surface area contributed by atoms with Crippen LogP contribution in [0, 0.1) is 0 Å². The molecule has 4 aliphatic heterocycles. The number of fused-ring (bicyclic) bond motifs is 2. The summed E-state index contributed by atoms with van der Waals surface area (Å²) >= 11 is 0. The summed E-state index contributed by atoms with van der Waals surface area (Å²) in [5, 5.41) is 8.20. The van der Waals surface area contributed by atoms with E-state index < -0.39 is 5.41 Å². The van der Waals surface area contributed by atoms with Crippen molar-refractivity contribution < 1.29 is 9.59 Å². The average Bonchev–Trinajstić information content (AvgIpc) is 3.30. The molecule has 174 valence electrons. The summed E-state index contributed by atoms with van der Waals surface area (Å²) < 4.78 is 0. The van der Waals surface area contributed by atoms with Gasteiger partial charge in [0.1, 0.15) is 0 Å². The van der Waals surface area contributed by atoms with Crippen molar-refractivity contribution in [3.8, 4) is 0 Å². The van der Waals surface area contributed by atoms with Crippen molar-refractivity contribution >= 4 is 35.0 Å². The lowest BCUT2D eigenvalue weighted by molar-refractivity contribution is -0.130. The van der Waals surface area contributed by atoms with Crippen molar-refractivity contribution in [2.45, 2.75) is 51.2 Å². The molecule has 5 rings (SSSR count). The number of piperidine rings is 1. The molecule has 1 atom stereocenters. The summed E-state index contributed by atoms with van der Waals surface area (Å²) in [6, 6.07) is 6.18. The van der Waals surface area contributed by atoms with Gasteiger partial charge in [0, 0.05) is 56.9 Å². The molecule has 1 fully saturated rings. The molecule has 1 aromatic carbocycles. The molecular weight excluding hydrogens is 420 g/mol. The van der Waals surface area contributed by atoms with E-state index in [0.717, 1.165) is 48.7 Å². The monoisotopic (exact) mass is 450 g/mol. The van der Waals surface area contributed by atoms with Gasteiger partial charge in [-0.15, -0.1) is 0 Å². The molecule has 0 aromatic heterocycles. The first-order valence-corrected chi connectivity index (χ1v) is 11.3. The van der Waals surface area contributed by atoms with Gasteiger partial charge in [0.15, 0.2) is 5.84 Å². The van der Waals surface area contributed by atoms with Crippen molar-refractivity contribution in [3.05, 3.63) is 36.2 Å². The lowest BCUT2D eigenvalue weighted by atomic mass is 9.86. The Kier molecular flexibility index (Phi) is 5.02. The smallest absolute Gasteiger partial charge is 0.234 e. The number of anilines is 2. The second-order valence-corrected chi connectivity index (χ2v) is 9.47. The summed E-state index contributed by atoms with van der Waals surface area (Å²) in [6.07, 6.45) is 5.17. The maximum atomic E-state index is 12.2. The van der Waals surface area contributed by atoms with Crippen LogP contribution in [-0.4, -0.2) is 70.8 Å². The van der Waals surface area contributed by atoms with Crippen LogP contribution in [0.3, 0.4) is 0 Å². The van der Waals surface area contributed by atoms with Crippen molar-refractivity contribution in [2.75, 3.05) is 30.8 Å². The minimum Gasteiger partial charge on any atom is -0.357 e. The number of carbonyl (C=O) groups excluding carboxylic acids is 2. The average molecular weight is 451 g/mol. The largest absolute Gasteiger partial charge is 0.357 e. The summed E-state index contributed by atoms with van der Waals surface area (Å²) in [5.41, 5.74) is 5.41. The van der Waals surface area contributed by atoms with Crippen molar-refractivity contribution in [1.29, 1.82) is 0 Å². The van der Waals surface area contributed by atoms with Crippen LogP contribution < -0.4 is 16.1 Å². The van der Waals surface area contributed by atoms with Crippen molar-refractivity contribution in [3.63, 3.8) is 0 Å². The Hall–Kier alpha value is -3.56. The Morgan fingerprint density at radius 3 is 2.76 bits per heavy atom. The standard InChI is InChI=1S/C23H30N8O2/c1-14(32)30-10-7-16(8-11-30)29(4)19-20-27-22(28-31(20)12-9-24-19)25-15-5-6-17-18(13-15)26-21(33)23(17,2)3/h5-6,9,12-13,16,20H,7-8,10-11H2,1-4H3,(H,26,33)(H2,25,27,28). The fraction of sp³-hybridized carbons (Fsp3) is 0.478. The lowest BCUT2D eigenvalue weighted by Gasteiger charge is -2.39. The molecule has 3 N–H and O–H groups in total. The summed E-state index contributed by atoms with van der Waals surface area (Å²) in [7, 11) is 2.05. The number of nitrogens with one attached hydrogen (secondary N) is 3. The zero-order chi connectivity index (χ0) is 23.3. The third-order valence-electron chi connectivity index (χ3n) is 7.01. The molecule has 4 heterocycles. The number of rotatable bonds is 2. The molecule has 4 aliphatic rings. The summed E-state index contributed by atoms with van der Waals surface area (Å²) in [6.45, 7) is 7.01. The van der Waals surface area contributed by atoms with E-state index >= 15 is 0 Å². The number of hydrazine groups is 1. The van der Waals surface area contributed by atoms with Crippen LogP contribution in [0.4, 0.5) is 11.4 Å². The molecule has 10 heteroatoms. The van der Waals surface area contributed by atoms with Gasteiger partial charge in [-0.25, -0.2) is 9.98 Å². The second-order valence-electron chi connectivity index (χ2n) is 9.47. The molecule has 0 bridgehead atoms. The van der Waals surface area contributed by atoms with Gasteiger partial charge in [0.25, 0.3) is 0 Å². The fourth-order valence-electron chi connectivity index (χ4n) is 4.84. The Balaban J connectivity index is 1.29. The number of hydrogen-bond donors (Lipinski definition) is 3. The highest BCUT2D eigenvalue weighted by molar-refractivity contribution is 6.07. The van der Waals surface area contributed by atoms with Gasteiger partial charge < -0.3 is 20.4 Å². The minimum atomic E-state index is -0.529. The van der Waals surface area contributed by atoms with Crippen LogP contribution in [0.15, 0.2) is 40.6 Å². The molecule has 0 aliphatic carbocycles. The molecule has 33 heavy (non-hydrogen) atoms. The molecule has 0 saturated carbocycles. The predicted molar refractivity (Wildman–Crippen MR) is 128 cm³/mol. The number of guanidine groups is 1. The lowest BCUT2D eigenvalue weighted by Crippen LogP contribution is -2.53. The van der Waals surface area contributed by atoms with E-state index in [1.54, 1.807) is 13.1 Å². The van der Waals surface area contributed by atoms with E-state index in [2.05, 4.69) is 33.0 Å². The topological polar surface area (TPSA) is 105 Å². The second kappa shape index (κ2) is 7.79. The first kappa shape index (κ1) is 21.3. The van der Waals surface area contributed by atoms with Crippen LogP contribution in [0.5, 0.6) is 0 Å². The highest BCUT2D eigenvalue weighted by Gasteiger charge is 2.39. The molecule has 2 amide bonds. The number of carbonyl (C=O) groups is 2. The number of hydrogen-bond acceptors (Lipinski definition) is 8. The first-order chi connectivity index (χ1) is 15.7. The number of nitrogens with zero attached hydrogens (tertiary/aromatic N) is 5. The summed E-state index contributed by atoms with van der Waals surface area (Å²) in [4.78, 5) is 37.4. The van der Waals surface area contributed by atoms with Crippen molar-refractivity contribution in [1.82, 2.24) is 20.2 Å². The number of likely N-dealkylation sites (tertiary alicyclic amines) is 1. The number of aliphatic imine (C=N–C) groups is 2. The van der Waals surface area contributed by atoms with Gasteiger partial charge >= 0.3 is 0 Å². The van der Waals surface area contributed by atoms with E-state index in [0.29, 0.717) is 12.0 Å². The van der Waals surface area contributed by atoms with E-state index in [4.69, 9.17) is 4.99 Å². The number of amides is 2. The van der Waals surface area contributed by atoms with Gasteiger partial charge in [-0.05, 0) is 44.4 Å². The zero-order valence-electron chi connectivity index (χ0n) is 19.4. The van der Waals surface area contributed by atoms with Gasteiger partial charge in [0.2, 0.25) is 23.9 Å². The number of amidine groups is 1. The Morgan fingerprint density at radius 1 is 1.27 bits per heavy atom. The summed E-state index contributed by atoms with van der Waals surface area (Å²) in [5.74, 6) is 1.62. The van der Waals surface area contributed by atoms with Crippen molar-refractivity contribution in [2.24, 2.45) is 9.98 Å². The van der Waals surface area contributed by atoms with Crippen LogP contribution in [-0.2, 0) is 15.0 Å². The van der Waals surface area contributed by atoms with Gasteiger partial charge in [-0.2, -0.15) is 0 Å². The van der Waals surface area contributed by atoms with E-state index in [9.17, 15) is 9.59 Å². The van der Waals surface area contributed by atoms with Crippen LogP contribution in [0.25, 0.3) is 0 Å². The highest BCUT2D eigenvalue weighted by atomic mass is 16.2. The van der Waals surface area contributed by atoms with Crippen LogP contribution >= 0.6 is 0 Å². The third kappa shape index (κ3) is 3.69. The van der Waals surface area contributed by atoms with E-state index in [-0.39, 0.29) is 18.0 Å². The molecule has 1 unspecified atom stereocenters. The predicted octanol–water partition coefficient (Wildman–Crippen LogP) is 1.66. The van der Waals surface area contributed by atoms with Crippen LogP contribution in [0.1, 0.15) is 39.2 Å². The Labute approximate surface area is 193 Å². The van der Waals surface area contributed by atoms with Gasteiger partial charge in [-0.3, -0.25) is 20.0 Å². The molecule has 1 saturated heterocycles. The third-order valence-corrected chi connectivity index (χ3v) is 7.01. The van der Waals surface area contributed by atoms with E-state index in [1.165, 1.54) is 0 Å². The minimum absolute atomic E-state index is 0.00581. The Morgan fingerprint density at radius 2 is 2.03 bits per heavy atom. The normalized spacial score (nSPS) is 23.3. The quantitative estimate of drug-likeness (QED) is 0.633. The SMILES string of the molecule is CC(=O)N1CCC(N(C)C2=NC=CN3NC(Nc4ccc5c(c4)NC(=O)C5(C)C)=NC23)CC1. The molecule has 1 aromatic rings. The molecular formula is C23H30N8O2. The maximum absolute atomic E-state index is 12.2. The number of benzene rings is 1. The van der Waals surface area contributed by atoms with Gasteiger partial charge in [0.05, 0.1) is 5.41 Å². The fourth-order valence-corrected chi connectivity index (χ4v) is 4.84.